The van der Waals surface area contributed by atoms with E-state index in [4.69, 9.17) is 5.73 Å². The summed E-state index contributed by atoms with van der Waals surface area (Å²) in [6.07, 6.45) is 2.98. The van der Waals surface area contributed by atoms with Crippen LogP contribution < -0.4 is 11.1 Å². The van der Waals surface area contributed by atoms with Crippen LogP contribution in [0, 0.1) is 0 Å². The standard InChI is InChI=1S/C7H9N3O/c1-9-7(11)5-2-3-10-4-6(5)8/h2-4H,8H2,1H3,(H,9,11). The average molecular weight is 151 g/mol. The molecule has 11 heavy (non-hydrogen) atoms. The lowest BCUT2D eigenvalue weighted by Gasteiger charge is -2.01. The monoisotopic (exact) mass is 151 g/mol. The normalized spacial score (nSPS) is 9.18. The molecule has 58 valence electrons. The highest BCUT2D eigenvalue weighted by Crippen LogP contribution is 2.06. The van der Waals surface area contributed by atoms with Gasteiger partial charge in [-0.05, 0) is 6.07 Å². The molecular weight excluding hydrogens is 142 g/mol. The smallest absolute Gasteiger partial charge is 0.253 e. The number of nitrogens with zero attached hydrogens (tertiary/aromatic N) is 1. The zero-order valence-electron chi connectivity index (χ0n) is 6.16. The van der Waals surface area contributed by atoms with Gasteiger partial charge >= 0.3 is 0 Å². The van der Waals surface area contributed by atoms with E-state index in [0.29, 0.717) is 11.3 Å². The van der Waals surface area contributed by atoms with Crippen molar-refractivity contribution in [3.8, 4) is 0 Å². The molecule has 1 heterocycles. The highest BCUT2D eigenvalue weighted by molar-refractivity contribution is 5.98. The first-order valence-electron chi connectivity index (χ1n) is 3.17. The average Bonchev–Trinajstić information content (AvgIpc) is 2.04. The topological polar surface area (TPSA) is 68.0 Å². The van der Waals surface area contributed by atoms with Crippen molar-refractivity contribution in [3.05, 3.63) is 24.0 Å². The van der Waals surface area contributed by atoms with E-state index in [1.807, 2.05) is 0 Å². The van der Waals surface area contributed by atoms with Crippen molar-refractivity contribution in [2.45, 2.75) is 0 Å². The van der Waals surface area contributed by atoms with E-state index < -0.39 is 0 Å². The van der Waals surface area contributed by atoms with Crippen molar-refractivity contribution in [1.29, 1.82) is 0 Å². The van der Waals surface area contributed by atoms with Gasteiger partial charge in [-0.15, -0.1) is 0 Å². The summed E-state index contributed by atoms with van der Waals surface area (Å²) in [5, 5.41) is 2.48. The largest absolute Gasteiger partial charge is 0.397 e. The highest BCUT2D eigenvalue weighted by atomic mass is 16.1. The second kappa shape index (κ2) is 3.01. The molecule has 1 amide bonds. The minimum absolute atomic E-state index is 0.190. The number of amides is 1. The second-order valence-electron chi connectivity index (χ2n) is 2.04. The van der Waals surface area contributed by atoms with Crippen LogP contribution >= 0.6 is 0 Å². The molecule has 0 saturated carbocycles. The van der Waals surface area contributed by atoms with Gasteiger partial charge in [0, 0.05) is 13.2 Å². The molecule has 1 rings (SSSR count). The van der Waals surface area contributed by atoms with E-state index in [0.717, 1.165) is 0 Å². The van der Waals surface area contributed by atoms with Crippen molar-refractivity contribution in [2.75, 3.05) is 12.8 Å². The summed E-state index contributed by atoms with van der Waals surface area (Å²) in [4.78, 5) is 14.8. The molecule has 0 aliphatic rings. The molecule has 1 aromatic heterocycles. The molecule has 0 fully saturated rings. The van der Waals surface area contributed by atoms with Crippen LogP contribution in [0.2, 0.25) is 0 Å². The third-order valence-corrected chi connectivity index (χ3v) is 1.32. The van der Waals surface area contributed by atoms with Gasteiger partial charge in [-0.25, -0.2) is 0 Å². The maximum Gasteiger partial charge on any atom is 0.253 e. The van der Waals surface area contributed by atoms with Gasteiger partial charge in [0.2, 0.25) is 0 Å². The van der Waals surface area contributed by atoms with Crippen LogP contribution in [0.1, 0.15) is 10.4 Å². The molecule has 4 nitrogen and oxygen atoms in total. The number of carbonyl (C=O) groups excluding carboxylic acids is 1. The SMILES string of the molecule is CNC(=O)c1ccncc1N. The van der Waals surface area contributed by atoms with E-state index in [9.17, 15) is 4.79 Å². The number of carbonyl (C=O) groups is 1. The molecule has 0 unspecified atom stereocenters. The van der Waals surface area contributed by atoms with Gasteiger partial charge in [0.05, 0.1) is 17.4 Å². The number of hydrogen-bond donors (Lipinski definition) is 2. The predicted molar refractivity (Wildman–Crippen MR) is 42.0 cm³/mol. The number of anilines is 1. The third kappa shape index (κ3) is 1.46. The number of pyridine rings is 1. The molecule has 0 spiro atoms. The Morgan fingerprint density at radius 2 is 2.45 bits per heavy atom. The Balaban J connectivity index is 3.03. The first kappa shape index (κ1) is 7.53. The number of nitrogens with two attached hydrogens (primary N) is 1. The van der Waals surface area contributed by atoms with Crippen LogP contribution in [0.4, 0.5) is 5.69 Å². The van der Waals surface area contributed by atoms with Gasteiger partial charge in [-0.1, -0.05) is 0 Å². The molecule has 0 aliphatic heterocycles. The first-order valence-corrected chi connectivity index (χ1v) is 3.17. The quantitative estimate of drug-likeness (QED) is 0.594. The molecule has 0 aromatic carbocycles. The third-order valence-electron chi connectivity index (χ3n) is 1.32. The predicted octanol–water partition coefficient (Wildman–Crippen LogP) is 0.0234. The minimum Gasteiger partial charge on any atom is -0.397 e. The Hall–Kier alpha value is -1.58. The lowest BCUT2D eigenvalue weighted by molar-refractivity contribution is 0.0964. The Morgan fingerprint density at radius 3 is 3.00 bits per heavy atom. The summed E-state index contributed by atoms with van der Waals surface area (Å²) < 4.78 is 0. The van der Waals surface area contributed by atoms with E-state index >= 15 is 0 Å². The van der Waals surface area contributed by atoms with Gasteiger partial charge < -0.3 is 11.1 Å². The summed E-state index contributed by atoms with van der Waals surface area (Å²) in [6.45, 7) is 0. The van der Waals surface area contributed by atoms with Gasteiger partial charge in [0.1, 0.15) is 0 Å². The summed E-state index contributed by atoms with van der Waals surface area (Å²) in [5.74, 6) is -0.190. The summed E-state index contributed by atoms with van der Waals surface area (Å²) >= 11 is 0. The molecular formula is C7H9N3O. The van der Waals surface area contributed by atoms with E-state index in [2.05, 4.69) is 10.3 Å². The number of aromatic nitrogens is 1. The fourth-order valence-electron chi connectivity index (χ4n) is 0.748. The second-order valence-corrected chi connectivity index (χ2v) is 2.04. The molecule has 4 heteroatoms. The zero-order valence-corrected chi connectivity index (χ0v) is 6.16. The highest BCUT2D eigenvalue weighted by Gasteiger charge is 2.05. The maximum absolute atomic E-state index is 11.0. The Labute approximate surface area is 64.4 Å². The van der Waals surface area contributed by atoms with Crippen molar-refractivity contribution >= 4 is 11.6 Å². The number of nitrogen functional groups attached to an aromatic ring is 1. The van der Waals surface area contributed by atoms with Crippen molar-refractivity contribution in [3.63, 3.8) is 0 Å². The first-order chi connectivity index (χ1) is 5.25. The lowest BCUT2D eigenvalue weighted by Crippen LogP contribution is -2.19. The molecule has 0 aliphatic carbocycles. The van der Waals surface area contributed by atoms with Crippen molar-refractivity contribution in [2.24, 2.45) is 0 Å². The molecule has 0 radical (unpaired) electrons. The molecule has 1 aromatic rings. The zero-order chi connectivity index (χ0) is 8.27. The van der Waals surface area contributed by atoms with Gasteiger partial charge in [0.25, 0.3) is 5.91 Å². The Bertz CT molecular complexity index is 272. The van der Waals surface area contributed by atoms with E-state index in [1.54, 1.807) is 13.1 Å². The summed E-state index contributed by atoms with van der Waals surface area (Å²) in [7, 11) is 1.56. The molecule has 0 bridgehead atoms. The number of nitrogens with one attached hydrogen (secondary N) is 1. The Kier molecular flexibility index (Phi) is 2.06. The Morgan fingerprint density at radius 1 is 1.73 bits per heavy atom. The van der Waals surface area contributed by atoms with Crippen LogP contribution in [-0.4, -0.2) is 17.9 Å². The molecule has 0 saturated heterocycles. The number of hydrogen-bond acceptors (Lipinski definition) is 3. The summed E-state index contributed by atoms with van der Waals surface area (Å²) in [5.41, 5.74) is 6.33. The molecule has 0 atom stereocenters. The van der Waals surface area contributed by atoms with Crippen LogP contribution in [0.15, 0.2) is 18.5 Å². The minimum atomic E-state index is -0.190. The van der Waals surface area contributed by atoms with Crippen LogP contribution in [0.3, 0.4) is 0 Å². The van der Waals surface area contributed by atoms with Gasteiger partial charge in [0.15, 0.2) is 0 Å². The van der Waals surface area contributed by atoms with E-state index in [1.165, 1.54) is 12.4 Å². The van der Waals surface area contributed by atoms with Crippen LogP contribution in [0.25, 0.3) is 0 Å². The van der Waals surface area contributed by atoms with Crippen LogP contribution in [-0.2, 0) is 0 Å². The van der Waals surface area contributed by atoms with Crippen LogP contribution in [0.5, 0.6) is 0 Å². The van der Waals surface area contributed by atoms with Gasteiger partial charge in [-0.2, -0.15) is 0 Å². The lowest BCUT2D eigenvalue weighted by atomic mass is 10.2. The fraction of sp³-hybridized carbons (Fsp3) is 0.143. The van der Waals surface area contributed by atoms with Gasteiger partial charge in [-0.3, -0.25) is 9.78 Å². The van der Waals surface area contributed by atoms with E-state index in [-0.39, 0.29) is 5.91 Å². The van der Waals surface area contributed by atoms with Crippen molar-refractivity contribution in [1.82, 2.24) is 10.3 Å². The summed E-state index contributed by atoms with van der Waals surface area (Å²) in [6, 6.07) is 1.58. The molecule has 3 N–H and O–H groups in total. The maximum atomic E-state index is 11.0. The van der Waals surface area contributed by atoms with Crippen molar-refractivity contribution < 1.29 is 4.79 Å². The fourth-order valence-corrected chi connectivity index (χ4v) is 0.748. The number of rotatable bonds is 1.